The van der Waals surface area contributed by atoms with Gasteiger partial charge in [0.05, 0.1) is 0 Å². The van der Waals surface area contributed by atoms with Gasteiger partial charge in [-0.15, -0.1) is 0 Å². The zero-order valence-corrected chi connectivity index (χ0v) is 13.6. The van der Waals surface area contributed by atoms with E-state index in [1.807, 2.05) is 19.1 Å². The standard InChI is InChI=1S/C18H29FN2/c1-13(2)11-12-21(15-7-4-5-8-15)17-10-6-9-16(19)18(17)14(3)20/h6,9-10,13-15H,4-5,7-8,11-12,20H2,1-3H3. The van der Waals surface area contributed by atoms with Gasteiger partial charge in [0.15, 0.2) is 0 Å². The maximum atomic E-state index is 14.2. The third-order valence-electron chi connectivity index (χ3n) is 4.51. The fraction of sp³-hybridized carbons (Fsp3) is 0.667. The van der Waals surface area contributed by atoms with E-state index < -0.39 is 0 Å². The maximum absolute atomic E-state index is 14.2. The van der Waals surface area contributed by atoms with Crippen molar-refractivity contribution in [2.24, 2.45) is 11.7 Å². The van der Waals surface area contributed by atoms with Gasteiger partial charge in [0.2, 0.25) is 0 Å². The molecule has 1 saturated carbocycles. The Labute approximate surface area is 128 Å². The predicted octanol–water partition coefficient (Wildman–Crippen LogP) is 4.64. The minimum absolute atomic E-state index is 0.171. The maximum Gasteiger partial charge on any atom is 0.130 e. The summed E-state index contributed by atoms with van der Waals surface area (Å²) in [5.41, 5.74) is 7.73. The normalized spacial score (nSPS) is 17.4. The molecule has 0 amide bonds. The molecule has 1 unspecified atom stereocenters. The minimum atomic E-state index is -0.274. The molecule has 21 heavy (non-hydrogen) atoms. The number of rotatable bonds is 6. The molecule has 2 N–H and O–H groups in total. The molecule has 0 radical (unpaired) electrons. The summed E-state index contributed by atoms with van der Waals surface area (Å²) in [5.74, 6) is 0.483. The van der Waals surface area contributed by atoms with Crippen LogP contribution in [0.2, 0.25) is 0 Å². The highest BCUT2D eigenvalue weighted by molar-refractivity contribution is 5.56. The fourth-order valence-corrected chi connectivity index (χ4v) is 3.34. The molecule has 0 saturated heterocycles. The Kier molecular flexibility index (Phi) is 5.63. The first-order valence-corrected chi connectivity index (χ1v) is 8.31. The highest BCUT2D eigenvalue weighted by Gasteiger charge is 2.26. The van der Waals surface area contributed by atoms with Crippen molar-refractivity contribution >= 4 is 5.69 Å². The second-order valence-electron chi connectivity index (χ2n) is 6.78. The quantitative estimate of drug-likeness (QED) is 0.827. The molecule has 1 aliphatic carbocycles. The molecule has 1 aromatic rings. The van der Waals surface area contributed by atoms with Gasteiger partial charge in [-0.2, -0.15) is 0 Å². The summed E-state index contributed by atoms with van der Waals surface area (Å²) >= 11 is 0. The largest absolute Gasteiger partial charge is 0.368 e. The molecule has 1 atom stereocenters. The number of nitrogens with two attached hydrogens (primary N) is 1. The Hall–Kier alpha value is -1.09. The van der Waals surface area contributed by atoms with Crippen molar-refractivity contribution in [3.8, 4) is 0 Å². The van der Waals surface area contributed by atoms with Gasteiger partial charge in [-0.3, -0.25) is 0 Å². The fourth-order valence-electron chi connectivity index (χ4n) is 3.34. The molecule has 1 fully saturated rings. The molecule has 0 aliphatic heterocycles. The molecule has 1 aromatic carbocycles. The Balaban J connectivity index is 2.33. The number of hydrogen-bond donors (Lipinski definition) is 1. The Bertz CT molecular complexity index is 451. The van der Waals surface area contributed by atoms with E-state index >= 15 is 0 Å². The van der Waals surface area contributed by atoms with Gasteiger partial charge in [-0.1, -0.05) is 32.8 Å². The molecule has 0 heterocycles. The van der Waals surface area contributed by atoms with Gasteiger partial charge in [-0.05, 0) is 44.2 Å². The van der Waals surface area contributed by atoms with E-state index in [-0.39, 0.29) is 11.9 Å². The zero-order chi connectivity index (χ0) is 15.4. The van der Waals surface area contributed by atoms with Crippen LogP contribution in [0, 0.1) is 11.7 Å². The number of nitrogens with zero attached hydrogens (tertiary/aromatic N) is 1. The molecule has 3 heteroatoms. The summed E-state index contributed by atoms with van der Waals surface area (Å²) in [6, 6.07) is 5.65. The van der Waals surface area contributed by atoms with E-state index in [1.165, 1.54) is 31.7 Å². The van der Waals surface area contributed by atoms with Crippen LogP contribution < -0.4 is 10.6 Å². The van der Waals surface area contributed by atoms with Crippen LogP contribution in [-0.2, 0) is 0 Å². The molecule has 2 rings (SSSR count). The Morgan fingerprint density at radius 1 is 1.24 bits per heavy atom. The SMILES string of the molecule is CC(C)CCN(c1cccc(F)c1C(C)N)C1CCCC1. The average molecular weight is 292 g/mol. The lowest BCUT2D eigenvalue weighted by atomic mass is 10.0. The second kappa shape index (κ2) is 7.26. The average Bonchev–Trinajstić information content (AvgIpc) is 2.92. The lowest BCUT2D eigenvalue weighted by Gasteiger charge is -2.34. The van der Waals surface area contributed by atoms with Crippen molar-refractivity contribution in [3.05, 3.63) is 29.6 Å². The Morgan fingerprint density at radius 2 is 1.90 bits per heavy atom. The Morgan fingerprint density at radius 3 is 2.48 bits per heavy atom. The van der Waals surface area contributed by atoms with Crippen LogP contribution in [0.25, 0.3) is 0 Å². The first kappa shape index (κ1) is 16.3. The molecule has 0 aromatic heterocycles. The van der Waals surface area contributed by atoms with Crippen LogP contribution in [0.1, 0.15) is 64.5 Å². The number of benzene rings is 1. The summed E-state index contributed by atoms with van der Waals surface area (Å²) in [6.45, 7) is 7.35. The smallest absolute Gasteiger partial charge is 0.130 e. The monoisotopic (exact) mass is 292 g/mol. The van der Waals surface area contributed by atoms with Crippen molar-refractivity contribution in [1.82, 2.24) is 0 Å². The van der Waals surface area contributed by atoms with E-state index in [0.717, 1.165) is 18.7 Å². The van der Waals surface area contributed by atoms with Crippen molar-refractivity contribution in [3.63, 3.8) is 0 Å². The summed E-state index contributed by atoms with van der Waals surface area (Å²) in [5, 5.41) is 0. The number of anilines is 1. The highest BCUT2D eigenvalue weighted by Crippen LogP contribution is 2.34. The molecular weight excluding hydrogens is 263 g/mol. The third-order valence-corrected chi connectivity index (χ3v) is 4.51. The van der Waals surface area contributed by atoms with E-state index in [2.05, 4.69) is 18.7 Å². The van der Waals surface area contributed by atoms with Crippen LogP contribution in [0.3, 0.4) is 0 Å². The molecule has 118 valence electrons. The summed E-state index contributed by atoms with van der Waals surface area (Å²) in [4.78, 5) is 2.43. The molecule has 1 aliphatic rings. The van der Waals surface area contributed by atoms with Crippen LogP contribution in [0.5, 0.6) is 0 Å². The van der Waals surface area contributed by atoms with Gasteiger partial charge >= 0.3 is 0 Å². The predicted molar refractivity (Wildman–Crippen MR) is 88.1 cm³/mol. The number of hydrogen-bond acceptors (Lipinski definition) is 2. The highest BCUT2D eigenvalue weighted by atomic mass is 19.1. The van der Waals surface area contributed by atoms with Crippen LogP contribution in [-0.4, -0.2) is 12.6 Å². The van der Waals surface area contributed by atoms with Crippen molar-refractivity contribution in [1.29, 1.82) is 0 Å². The van der Waals surface area contributed by atoms with Crippen molar-refractivity contribution in [2.75, 3.05) is 11.4 Å². The van der Waals surface area contributed by atoms with E-state index in [4.69, 9.17) is 5.73 Å². The third kappa shape index (κ3) is 3.97. The molecule has 0 bridgehead atoms. The molecular formula is C18H29FN2. The summed E-state index contributed by atoms with van der Waals surface area (Å²) in [7, 11) is 0. The lowest BCUT2D eigenvalue weighted by Crippen LogP contribution is -2.36. The van der Waals surface area contributed by atoms with E-state index in [0.29, 0.717) is 17.5 Å². The van der Waals surface area contributed by atoms with Crippen LogP contribution >= 0.6 is 0 Å². The topological polar surface area (TPSA) is 29.3 Å². The van der Waals surface area contributed by atoms with Crippen molar-refractivity contribution < 1.29 is 4.39 Å². The zero-order valence-electron chi connectivity index (χ0n) is 13.6. The van der Waals surface area contributed by atoms with Gasteiger partial charge < -0.3 is 10.6 Å². The molecule has 2 nitrogen and oxygen atoms in total. The second-order valence-corrected chi connectivity index (χ2v) is 6.78. The van der Waals surface area contributed by atoms with Gasteiger partial charge in [0.25, 0.3) is 0 Å². The van der Waals surface area contributed by atoms with E-state index in [1.54, 1.807) is 0 Å². The number of halogens is 1. The van der Waals surface area contributed by atoms with Crippen molar-refractivity contribution in [2.45, 2.75) is 65.0 Å². The minimum Gasteiger partial charge on any atom is -0.368 e. The van der Waals surface area contributed by atoms with Crippen LogP contribution in [0.4, 0.5) is 10.1 Å². The van der Waals surface area contributed by atoms with Crippen LogP contribution in [0.15, 0.2) is 18.2 Å². The van der Waals surface area contributed by atoms with E-state index in [9.17, 15) is 4.39 Å². The van der Waals surface area contributed by atoms with Gasteiger partial charge in [0.1, 0.15) is 5.82 Å². The molecule has 0 spiro atoms. The summed E-state index contributed by atoms with van der Waals surface area (Å²) in [6.07, 6.45) is 6.13. The first-order chi connectivity index (χ1) is 10.0. The lowest BCUT2D eigenvalue weighted by molar-refractivity contribution is 0.522. The first-order valence-electron chi connectivity index (χ1n) is 8.31. The van der Waals surface area contributed by atoms with Gasteiger partial charge in [0, 0.05) is 29.9 Å². The van der Waals surface area contributed by atoms with Gasteiger partial charge in [-0.25, -0.2) is 4.39 Å². The summed E-state index contributed by atoms with van der Waals surface area (Å²) < 4.78 is 14.2.